The van der Waals surface area contributed by atoms with E-state index < -0.39 is 23.9 Å². The van der Waals surface area contributed by atoms with Gasteiger partial charge in [0.25, 0.3) is 0 Å². The monoisotopic (exact) mass is 614 g/mol. The lowest BCUT2D eigenvalue weighted by atomic mass is 10.0. The van der Waals surface area contributed by atoms with Gasteiger partial charge >= 0.3 is 23.9 Å². The molecule has 3 heterocycles. The lowest BCUT2D eigenvalue weighted by Gasteiger charge is -2.33. The van der Waals surface area contributed by atoms with Gasteiger partial charge in [-0.3, -0.25) is 9.58 Å². The molecule has 2 aliphatic heterocycles. The molecule has 0 bridgehead atoms. The Morgan fingerprint density at radius 1 is 0.727 bits per heavy atom. The van der Waals surface area contributed by atoms with Crippen molar-refractivity contribution in [2.45, 2.75) is 32.0 Å². The van der Waals surface area contributed by atoms with Crippen LogP contribution in [0.15, 0.2) is 66.9 Å². The number of hydrogen-bond donors (Lipinski definition) is 4. The number of fused-ring (bicyclic) bond motifs is 2. The molecule has 1 aromatic heterocycles. The second-order valence-corrected chi connectivity index (χ2v) is 10.0. The number of carboxylic acids is 4. The van der Waals surface area contributed by atoms with Crippen molar-refractivity contribution in [3.8, 4) is 0 Å². The van der Waals surface area contributed by atoms with Crippen molar-refractivity contribution < 1.29 is 48.4 Å². The molecule has 1 saturated heterocycles. The van der Waals surface area contributed by atoms with Crippen LogP contribution in [0.1, 0.15) is 30.0 Å². The Labute approximate surface area is 250 Å². The summed E-state index contributed by atoms with van der Waals surface area (Å²) in [5.74, 6) is -5.38. The number of carboxylic acid groups (broad SMARTS) is 4. The molecule has 0 spiro atoms. The number of aliphatic carboxylic acids is 4. The third-order valence-electron chi connectivity index (χ3n) is 6.89. The molecule has 0 aliphatic carbocycles. The van der Waals surface area contributed by atoms with Gasteiger partial charge in [-0.1, -0.05) is 6.07 Å². The van der Waals surface area contributed by atoms with E-state index in [1.54, 1.807) is 24.3 Å². The van der Waals surface area contributed by atoms with Gasteiger partial charge in [-0.15, -0.1) is 0 Å². The highest BCUT2D eigenvalue weighted by molar-refractivity contribution is 5.90. The third-order valence-corrected chi connectivity index (χ3v) is 6.89. The summed E-state index contributed by atoms with van der Waals surface area (Å²) in [4.78, 5) is 43.1. The molecule has 3 aromatic rings. The highest BCUT2D eigenvalue weighted by Gasteiger charge is 2.24. The van der Waals surface area contributed by atoms with Gasteiger partial charge < -0.3 is 25.3 Å². The molecule has 12 nitrogen and oxygen atoms in total. The van der Waals surface area contributed by atoms with Gasteiger partial charge in [0.2, 0.25) is 0 Å². The zero-order chi connectivity index (χ0) is 32.2. The molecule has 2 aromatic carbocycles. The van der Waals surface area contributed by atoms with Gasteiger partial charge in [-0.05, 0) is 54.3 Å². The summed E-state index contributed by atoms with van der Waals surface area (Å²) in [6, 6.07) is 10.3. The van der Waals surface area contributed by atoms with Crippen LogP contribution in [0.4, 0.5) is 8.78 Å². The molecule has 0 radical (unpaired) electrons. The highest BCUT2D eigenvalue weighted by atomic mass is 19.1. The molecule has 0 amide bonds. The maximum absolute atomic E-state index is 13.6. The smallest absolute Gasteiger partial charge is 0.328 e. The molecule has 44 heavy (non-hydrogen) atoms. The Hall–Kier alpha value is -4.95. The van der Waals surface area contributed by atoms with Crippen molar-refractivity contribution in [2.24, 2.45) is 0 Å². The van der Waals surface area contributed by atoms with Gasteiger partial charge in [-0.25, -0.2) is 28.0 Å². The third kappa shape index (κ3) is 10.7. The molecule has 2 aliphatic rings. The van der Waals surface area contributed by atoms with Crippen LogP contribution >= 0.6 is 0 Å². The summed E-state index contributed by atoms with van der Waals surface area (Å²) < 4.78 is 29.0. The van der Waals surface area contributed by atoms with E-state index in [9.17, 15) is 28.0 Å². The van der Waals surface area contributed by atoms with Gasteiger partial charge in [0, 0.05) is 69.0 Å². The predicted molar refractivity (Wildman–Crippen MR) is 154 cm³/mol. The maximum Gasteiger partial charge on any atom is 0.328 e. The van der Waals surface area contributed by atoms with Crippen molar-refractivity contribution in [3.63, 3.8) is 0 Å². The van der Waals surface area contributed by atoms with Crippen LogP contribution in [-0.4, -0.2) is 90.1 Å². The highest BCUT2D eigenvalue weighted by Crippen LogP contribution is 2.27. The van der Waals surface area contributed by atoms with E-state index in [0.29, 0.717) is 30.3 Å². The number of carbonyl (C=O) groups is 4. The normalized spacial score (nSPS) is 15.4. The minimum absolute atomic E-state index is 0.145. The molecule has 1 fully saturated rings. The first-order valence-corrected chi connectivity index (χ1v) is 13.5. The summed E-state index contributed by atoms with van der Waals surface area (Å²) >= 11 is 0. The lowest BCUT2D eigenvalue weighted by molar-refractivity contribution is -0.134. The molecular formula is C30H32F2N4O8. The summed E-state index contributed by atoms with van der Waals surface area (Å²) in [5, 5.41) is 36.8. The molecular weight excluding hydrogens is 582 g/mol. The van der Waals surface area contributed by atoms with E-state index in [0.717, 1.165) is 68.6 Å². The van der Waals surface area contributed by atoms with E-state index in [1.807, 2.05) is 16.9 Å². The number of rotatable bonds is 8. The Morgan fingerprint density at radius 3 is 1.80 bits per heavy atom. The Balaban J connectivity index is 0.000000275. The fourth-order valence-electron chi connectivity index (χ4n) is 4.85. The fourth-order valence-corrected chi connectivity index (χ4v) is 4.85. The largest absolute Gasteiger partial charge is 0.478 e. The number of aromatic nitrogens is 2. The van der Waals surface area contributed by atoms with Gasteiger partial charge in [0.15, 0.2) is 0 Å². The topological polar surface area (TPSA) is 174 Å². The van der Waals surface area contributed by atoms with Crippen molar-refractivity contribution in [3.05, 3.63) is 89.7 Å². The number of piperidine rings is 1. The first-order chi connectivity index (χ1) is 20.9. The van der Waals surface area contributed by atoms with E-state index in [4.69, 9.17) is 20.4 Å². The fraction of sp³-hybridized carbons (Fsp3) is 0.300. The van der Waals surface area contributed by atoms with Gasteiger partial charge in [0.1, 0.15) is 11.6 Å². The van der Waals surface area contributed by atoms with Crippen LogP contribution in [0.2, 0.25) is 0 Å². The molecule has 234 valence electrons. The number of hydrogen-bond acceptors (Lipinski definition) is 7. The van der Waals surface area contributed by atoms with Crippen molar-refractivity contribution in [2.75, 3.05) is 26.2 Å². The molecule has 0 saturated carbocycles. The molecule has 0 atom stereocenters. The number of likely N-dealkylation sites (tertiary alicyclic amines) is 1. The Bertz CT molecular complexity index is 1480. The second-order valence-electron chi connectivity index (χ2n) is 10.0. The zero-order valence-electron chi connectivity index (χ0n) is 23.6. The van der Waals surface area contributed by atoms with Crippen molar-refractivity contribution in [1.82, 2.24) is 19.6 Å². The first kappa shape index (κ1) is 33.6. The van der Waals surface area contributed by atoms with E-state index >= 15 is 0 Å². The van der Waals surface area contributed by atoms with E-state index in [1.165, 1.54) is 11.6 Å². The standard InChI is InChI=1S/C22H24F2N4.2C4H4O4/c23-19-4-2-17-14-27(15-18(17)11-19)10-9-26-7-5-21(6-8-26)28-22-12-20(24)3-1-16(22)13-25-28;2*5-3(6)1-2-4(7)8/h1-4,11-13,21H,5-10,14-15H2;2*1-2H,(H,5,6)(H,7,8)/b;2*2-1-. The molecule has 5 rings (SSSR count). The Kier molecular flexibility index (Phi) is 12.2. The second kappa shape index (κ2) is 16.0. The maximum atomic E-state index is 13.6. The number of benzene rings is 2. The Morgan fingerprint density at radius 2 is 1.23 bits per heavy atom. The minimum Gasteiger partial charge on any atom is -0.478 e. The van der Waals surface area contributed by atoms with Crippen molar-refractivity contribution >= 4 is 34.8 Å². The number of halogens is 2. The molecule has 14 heteroatoms. The molecule has 0 unspecified atom stereocenters. The van der Waals surface area contributed by atoms with Crippen LogP contribution in [0.25, 0.3) is 10.9 Å². The SMILES string of the molecule is Fc1ccc2c(c1)CN(CCN1CCC(n3ncc4ccc(F)cc43)CC1)C2.O=C(O)/C=C\C(=O)O.O=C(O)/C=C\C(=O)O. The van der Waals surface area contributed by atoms with Crippen molar-refractivity contribution in [1.29, 1.82) is 0 Å². The molecule has 4 N–H and O–H groups in total. The first-order valence-electron chi connectivity index (χ1n) is 13.5. The predicted octanol–water partition coefficient (Wildman–Crippen LogP) is 3.39. The van der Waals surface area contributed by atoms with Crippen LogP contribution in [-0.2, 0) is 32.3 Å². The van der Waals surface area contributed by atoms with Crippen LogP contribution < -0.4 is 0 Å². The van der Waals surface area contributed by atoms with Gasteiger partial charge in [-0.2, -0.15) is 5.10 Å². The van der Waals surface area contributed by atoms with Gasteiger partial charge in [0.05, 0.1) is 17.8 Å². The van der Waals surface area contributed by atoms with Crippen LogP contribution in [0, 0.1) is 11.6 Å². The summed E-state index contributed by atoms with van der Waals surface area (Å²) in [6.45, 7) is 5.83. The summed E-state index contributed by atoms with van der Waals surface area (Å²) in [7, 11) is 0. The van der Waals surface area contributed by atoms with Crippen LogP contribution in [0.5, 0.6) is 0 Å². The average Bonchev–Trinajstić information content (AvgIpc) is 3.58. The van der Waals surface area contributed by atoms with E-state index in [2.05, 4.69) is 14.9 Å². The number of nitrogens with zero attached hydrogens (tertiary/aromatic N) is 4. The minimum atomic E-state index is -1.26. The zero-order valence-corrected chi connectivity index (χ0v) is 23.6. The lowest BCUT2D eigenvalue weighted by Crippen LogP contribution is -2.39. The van der Waals surface area contributed by atoms with Crippen LogP contribution in [0.3, 0.4) is 0 Å². The summed E-state index contributed by atoms with van der Waals surface area (Å²) in [5.41, 5.74) is 3.26. The average molecular weight is 615 g/mol. The van der Waals surface area contributed by atoms with E-state index in [-0.39, 0.29) is 11.6 Å². The quantitative estimate of drug-likeness (QED) is 0.274. The summed E-state index contributed by atoms with van der Waals surface area (Å²) in [6.07, 6.45) is 6.11.